The lowest BCUT2D eigenvalue weighted by Gasteiger charge is -2.38. The molecule has 2 atom stereocenters. The highest BCUT2D eigenvalue weighted by Gasteiger charge is 2.43. The Morgan fingerprint density at radius 3 is 2.70 bits per heavy atom. The molecule has 2 unspecified atom stereocenters. The van der Waals surface area contributed by atoms with Crippen molar-refractivity contribution in [2.24, 2.45) is 5.92 Å². The van der Waals surface area contributed by atoms with Crippen LogP contribution in [0.3, 0.4) is 0 Å². The second-order valence-electron chi connectivity index (χ2n) is 5.24. The second-order valence-corrected chi connectivity index (χ2v) is 5.24. The molecule has 2 aliphatic rings. The summed E-state index contributed by atoms with van der Waals surface area (Å²) in [5, 5.41) is 0. The van der Waals surface area contributed by atoms with Crippen molar-refractivity contribution in [2.75, 3.05) is 11.4 Å². The third-order valence-corrected chi connectivity index (χ3v) is 4.04. The molecule has 0 aromatic heterocycles. The van der Waals surface area contributed by atoms with Crippen molar-refractivity contribution in [3.05, 3.63) is 18.2 Å². The molecule has 0 spiro atoms. The number of carbonyl (C=O) groups is 1. The van der Waals surface area contributed by atoms with E-state index < -0.39 is 6.29 Å². The fourth-order valence-electron chi connectivity index (χ4n) is 2.68. The van der Waals surface area contributed by atoms with E-state index in [0.717, 1.165) is 5.69 Å². The number of benzene rings is 1. The van der Waals surface area contributed by atoms with Crippen molar-refractivity contribution in [1.29, 1.82) is 0 Å². The molecule has 0 radical (unpaired) electrons. The first kappa shape index (κ1) is 13.1. The lowest BCUT2D eigenvalue weighted by Crippen LogP contribution is -2.46. The van der Waals surface area contributed by atoms with Crippen molar-refractivity contribution in [3.8, 4) is 11.5 Å². The largest absolute Gasteiger partial charge is 0.586 e. The van der Waals surface area contributed by atoms with Gasteiger partial charge in [-0.3, -0.25) is 4.79 Å². The topological polar surface area (TPSA) is 38.8 Å². The number of alkyl halides is 2. The van der Waals surface area contributed by atoms with Gasteiger partial charge < -0.3 is 14.4 Å². The quantitative estimate of drug-likeness (QED) is 0.794. The minimum Gasteiger partial charge on any atom is -0.395 e. The van der Waals surface area contributed by atoms with Crippen LogP contribution in [-0.2, 0) is 4.79 Å². The van der Waals surface area contributed by atoms with Crippen LogP contribution in [0.5, 0.6) is 11.5 Å². The number of halogens is 2. The van der Waals surface area contributed by atoms with Gasteiger partial charge in [0, 0.05) is 36.7 Å². The fraction of sp³-hybridized carbons (Fsp3) is 0.500. The Balaban J connectivity index is 1.88. The van der Waals surface area contributed by atoms with Crippen LogP contribution in [0.4, 0.5) is 14.5 Å². The zero-order valence-corrected chi connectivity index (χ0v) is 11.2. The first-order valence-electron chi connectivity index (χ1n) is 6.56. The van der Waals surface area contributed by atoms with Gasteiger partial charge in [-0.1, -0.05) is 6.92 Å². The van der Waals surface area contributed by atoms with Crippen molar-refractivity contribution in [3.63, 3.8) is 0 Å². The lowest BCUT2D eigenvalue weighted by molar-refractivity contribution is -0.286. The molecule has 0 aliphatic carbocycles. The Morgan fingerprint density at radius 1 is 1.25 bits per heavy atom. The van der Waals surface area contributed by atoms with Crippen molar-refractivity contribution in [1.82, 2.24) is 0 Å². The standard InChI is InChI=1S/C14H15F2NO3/c1-8-9(2)17(6-5-11(8)18)10-3-4-12-13(7-10)20-14(15,16)19-12/h3-4,7-9H,5-6H2,1-2H3. The fourth-order valence-corrected chi connectivity index (χ4v) is 2.68. The van der Waals surface area contributed by atoms with Gasteiger partial charge in [-0.2, -0.15) is 0 Å². The summed E-state index contributed by atoms with van der Waals surface area (Å²) in [4.78, 5) is 13.7. The summed E-state index contributed by atoms with van der Waals surface area (Å²) in [5.74, 6) is 0.230. The van der Waals surface area contributed by atoms with E-state index in [2.05, 4.69) is 9.47 Å². The average Bonchev–Trinajstić information content (AvgIpc) is 2.69. The minimum absolute atomic E-state index is 0.0251. The van der Waals surface area contributed by atoms with Crippen LogP contribution >= 0.6 is 0 Å². The number of rotatable bonds is 1. The summed E-state index contributed by atoms with van der Waals surface area (Å²) in [6.45, 7) is 4.43. The predicted molar refractivity (Wildman–Crippen MR) is 68.2 cm³/mol. The van der Waals surface area contributed by atoms with Crippen molar-refractivity contribution in [2.45, 2.75) is 32.6 Å². The highest BCUT2D eigenvalue weighted by atomic mass is 19.3. The minimum atomic E-state index is -3.60. The highest BCUT2D eigenvalue weighted by Crippen LogP contribution is 2.43. The number of piperidine rings is 1. The number of nitrogens with zero attached hydrogens (tertiary/aromatic N) is 1. The number of ketones is 1. The van der Waals surface area contributed by atoms with E-state index in [1.54, 1.807) is 6.07 Å². The number of carbonyl (C=O) groups excluding carboxylic acids is 1. The first-order chi connectivity index (χ1) is 9.37. The molecular weight excluding hydrogens is 268 g/mol. The first-order valence-corrected chi connectivity index (χ1v) is 6.56. The molecule has 1 fully saturated rings. The van der Waals surface area contributed by atoms with Gasteiger partial charge in [0.15, 0.2) is 11.5 Å². The molecular formula is C14H15F2NO3. The van der Waals surface area contributed by atoms with E-state index in [1.807, 2.05) is 18.7 Å². The average molecular weight is 283 g/mol. The molecule has 2 heterocycles. The van der Waals surface area contributed by atoms with Gasteiger partial charge in [-0.15, -0.1) is 8.78 Å². The van der Waals surface area contributed by atoms with Crippen molar-refractivity contribution < 1.29 is 23.0 Å². The SMILES string of the molecule is CC1C(=O)CCN(c2ccc3c(c2)OC(F)(F)O3)C1C. The number of Topliss-reactive ketones (excluding diaryl/α,β-unsaturated/α-hetero) is 1. The zero-order chi connectivity index (χ0) is 14.5. The smallest absolute Gasteiger partial charge is 0.395 e. The van der Waals surface area contributed by atoms with E-state index in [4.69, 9.17) is 0 Å². The van der Waals surface area contributed by atoms with E-state index in [9.17, 15) is 13.6 Å². The molecule has 108 valence electrons. The molecule has 3 rings (SSSR count). The highest BCUT2D eigenvalue weighted by molar-refractivity contribution is 5.84. The lowest BCUT2D eigenvalue weighted by atomic mass is 9.90. The van der Waals surface area contributed by atoms with Gasteiger partial charge in [-0.05, 0) is 19.1 Å². The zero-order valence-electron chi connectivity index (χ0n) is 11.2. The number of hydrogen-bond donors (Lipinski definition) is 0. The molecule has 6 heteroatoms. The van der Waals surface area contributed by atoms with Crippen LogP contribution in [0.25, 0.3) is 0 Å². The van der Waals surface area contributed by atoms with Gasteiger partial charge in [0.1, 0.15) is 5.78 Å². The molecule has 0 N–H and O–H groups in total. The molecule has 1 aromatic rings. The van der Waals surface area contributed by atoms with Crippen LogP contribution in [-0.4, -0.2) is 24.7 Å². The Bertz CT molecular complexity index is 561. The second kappa shape index (κ2) is 4.33. The molecule has 2 aliphatic heterocycles. The van der Waals surface area contributed by atoms with Gasteiger partial charge in [0.25, 0.3) is 0 Å². The summed E-state index contributed by atoms with van der Waals surface area (Å²) in [6.07, 6.45) is -3.13. The molecule has 1 aromatic carbocycles. The predicted octanol–water partition coefficient (Wildman–Crippen LogP) is 2.81. The summed E-state index contributed by atoms with van der Waals surface area (Å²) in [5.41, 5.74) is 0.761. The molecule has 4 nitrogen and oxygen atoms in total. The van der Waals surface area contributed by atoms with Crippen LogP contribution < -0.4 is 14.4 Å². The van der Waals surface area contributed by atoms with Crippen LogP contribution in [0.1, 0.15) is 20.3 Å². The van der Waals surface area contributed by atoms with Crippen LogP contribution in [0, 0.1) is 5.92 Å². The van der Waals surface area contributed by atoms with Gasteiger partial charge in [0.05, 0.1) is 0 Å². The molecule has 0 saturated carbocycles. The Morgan fingerprint density at radius 2 is 1.95 bits per heavy atom. The number of fused-ring (bicyclic) bond motifs is 1. The van der Waals surface area contributed by atoms with E-state index in [0.29, 0.717) is 13.0 Å². The Kier molecular flexibility index (Phi) is 2.84. The number of ether oxygens (including phenoxy) is 2. The monoisotopic (exact) mass is 283 g/mol. The van der Waals surface area contributed by atoms with Gasteiger partial charge in [0.2, 0.25) is 0 Å². The summed E-state index contributed by atoms with van der Waals surface area (Å²) < 4.78 is 34.8. The summed E-state index contributed by atoms with van der Waals surface area (Å²) >= 11 is 0. The number of hydrogen-bond acceptors (Lipinski definition) is 4. The van der Waals surface area contributed by atoms with E-state index >= 15 is 0 Å². The maximum atomic E-state index is 13.0. The molecule has 0 bridgehead atoms. The Labute approximate surface area is 115 Å². The van der Waals surface area contributed by atoms with Crippen LogP contribution in [0.15, 0.2) is 18.2 Å². The van der Waals surface area contributed by atoms with Crippen LogP contribution in [0.2, 0.25) is 0 Å². The Hall–Kier alpha value is -1.85. The normalized spacial score (nSPS) is 27.8. The van der Waals surface area contributed by atoms with Gasteiger partial charge >= 0.3 is 6.29 Å². The maximum absolute atomic E-state index is 13.0. The third kappa shape index (κ3) is 2.09. The number of anilines is 1. The molecule has 0 amide bonds. The third-order valence-electron chi connectivity index (χ3n) is 4.04. The van der Waals surface area contributed by atoms with E-state index in [-0.39, 0.29) is 29.2 Å². The summed E-state index contributed by atoms with van der Waals surface area (Å²) in [6, 6.07) is 4.74. The maximum Gasteiger partial charge on any atom is 0.586 e. The van der Waals surface area contributed by atoms with Gasteiger partial charge in [-0.25, -0.2) is 0 Å². The van der Waals surface area contributed by atoms with E-state index in [1.165, 1.54) is 12.1 Å². The molecule has 20 heavy (non-hydrogen) atoms. The summed E-state index contributed by atoms with van der Waals surface area (Å²) in [7, 11) is 0. The van der Waals surface area contributed by atoms with Crippen molar-refractivity contribution >= 4 is 11.5 Å². The molecule has 1 saturated heterocycles.